The van der Waals surface area contributed by atoms with E-state index in [4.69, 9.17) is 0 Å². The van der Waals surface area contributed by atoms with Crippen molar-refractivity contribution in [1.82, 2.24) is 4.98 Å². The Hall–Kier alpha value is -3.88. The van der Waals surface area contributed by atoms with E-state index in [9.17, 15) is 22.4 Å². The number of hydrogen-bond donors (Lipinski definition) is 3. The summed E-state index contributed by atoms with van der Waals surface area (Å²) < 4.78 is 54.2. The van der Waals surface area contributed by atoms with Crippen LogP contribution in [0.5, 0.6) is 0 Å². The number of carbonyl (C=O) groups is 1. The van der Waals surface area contributed by atoms with Crippen LogP contribution in [0.25, 0.3) is 5.57 Å². The SMILES string of the molecule is O=C1Nc2cc(F)ccc2C1=CNc1ccc(NCCc2ccccn2)c(C(F)(F)F)c1. The first-order valence-electron chi connectivity index (χ1n) is 9.74. The zero-order chi connectivity index (χ0) is 22.7. The second kappa shape index (κ2) is 8.70. The Morgan fingerprint density at radius 3 is 2.66 bits per heavy atom. The molecule has 0 bridgehead atoms. The van der Waals surface area contributed by atoms with Gasteiger partial charge in [0.05, 0.1) is 16.8 Å². The summed E-state index contributed by atoms with van der Waals surface area (Å²) in [4.78, 5) is 16.3. The Labute approximate surface area is 181 Å². The Morgan fingerprint density at radius 1 is 1.06 bits per heavy atom. The number of alkyl halides is 3. The number of nitrogens with zero attached hydrogens (tertiary/aromatic N) is 1. The van der Waals surface area contributed by atoms with Gasteiger partial charge in [0.25, 0.3) is 5.91 Å². The predicted molar refractivity (Wildman–Crippen MR) is 115 cm³/mol. The molecule has 0 aliphatic carbocycles. The second-order valence-electron chi connectivity index (χ2n) is 7.10. The molecule has 3 aromatic rings. The molecule has 0 spiro atoms. The largest absolute Gasteiger partial charge is 0.418 e. The first-order valence-corrected chi connectivity index (χ1v) is 9.74. The molecule has 0 atom stereocenters. The number of benzene rings is 2. The van der Waals surface area contributed by atoms with Gasteiger partial charge in [-0.2, -0.15) is 13.2 Å². The first-order chi connectivity index (χ1) is 15.3. The molecule has 1 amide bonds. The molecule has 3 N–H and O–H groups in total. The highest BCUT2D eigenvalue weighted by atomic mass is 19.4. The maximum absolute atomic E-state index is 13.6. The lowest BCUT2D eigenvalue weighted by Crippen LogP contribution is -2.13. The minimum atomic E-state index is -4.58. The van der Waals surface area contributed by atoms with Crippen molar-refractivity contribution in [2.24, 2.45) is 0 Å². The average Bonchev–Trinajstić information content (AvgIpc) is 3.06. The molecule has 1 aromatic heterocycles. The third-order valence-corrected chi connectivity index (χ3v) is 4.90. The number of rotatable bonds is 6. The molecule has 0 unspecified atom stereocenters. The molecule has 2 aromatic carbocycles. The van der Waals surface area contributed by atoms with E-state index in [1.165, 1.54) is 36.5 Å². The van der Waals surface area contributed by atoms with Crippen molar-refractivity contribution in [1.29, 1.82) is 0 Å². The maximum atomic E-state index is 13.6. The van der Waals surface area contributed by atoms with Crippen LogP contribution in [0.3, 0.4) is 0 Å². The Balaban J connectivity index is 1.52. The van der Waals surface area contributed by atoms with Crippen LogP contribution in [0.1, 0.15) is 16.8 Å². The molecule has 9 heteroatoms. The fourth-order valence-electron chi connectivity index (χ4n) is 3.36. The molecule has 0 fully saturated rings. The molecular weight excluding hydrogens is 424 g/mol. The monoisotopic (exact) mass is 442 g/mol. The van der Waals surface area contributed by atoms with E-state index in [1.54, 1.807) is 18.3 Å². The van der Waals surface area contributed by atoms with Crippen LogP contribution in [0.4, 0.5) is 34.6 Å². The summed E-state index contributed by atoms with van der Waals surface area (Å²) in [5.41, 5.74) is 1.02. The Kier molecular flexibility index (Phi) is 5.81. The van der Waals surface area contributed by atoms with Gasteiger partial charge in [-0.1, -0.05) is 6.07 Å². The highest BCUT2D eigenvalue weighted by Crippen LogP contribution is 2.37. The number of halogens is 4. The zero-order valence-electron chi connectivity index (χ0n) is 16.6. The quantitative estimate of drug-likeness (QED) is 0.358. The van der Waals surface area contributed by atoms with Gasteiger partial charge in [0.1, 0.15) is 5.82 Å². The van der Waals surface area contributed by atoms with E-state index in [0.29, 0.717) is 17.7 Å². The van der Waals surface area contributed by atoms with Crippen LogP contribution < -0.4 is 16.0 Å². The van der Waals surface area contributed by atoms with Crippen LogP contribution in [-0.4, -0.2) is 17.4 Å². The van der Waals surface area contributed by atoms with Crippen molar-refractivity contribution < 1.29 is 22.4 Å². The highest BCUT2D eigenvalue weighted by molar-refractivity contribution is 6.31. The fourth-order valence-corrected chi connectivity index (χ4v) is 3.36. The lowest BCUT2D eigenvalue weighted by Gasteiger charge is -2.16. The summed E-state index contributed by atoms with van der Waals surface area (Å²) in [6, 6.07) is 13.0. The fraction of sp³-hybridized carbons (Fsp3) is 0.130. The Morgan fingerprint density at radius 2 is 1.91 bits per heavy atom. The standard InChI is InChI=1S/C23H18F4N4O/c24-14-4-6-17-18(22(32)31-21(17)11-14)13-30-16-5-7-20(19(12-16)23(25,26)27)29-10-8-15-3-1-2-9-28-15/h1-7,9,11-13,29-30H,8,10H2,(H,31,32). The molecule has 164 valence electrons. The van der Waals surface area contributed by atoms with Gasteiger partial charge in [0.15, 0.2) is 0 Å². The number of nitrogens with one attached hydrogen (secondary N) is 3. The summed E-state index contributed by atoms with van der Waals surface area (Å²) in [6.07, 6.45) is -1.17. The van der Waals surface area contributed by atoms with Gasteiger partial charge in [-0.3, -0.25) is 9.78 Å². The molecule has 1 aliphatic rings. The topological polar surface area (TPSA) is 66.1 Å². The summed E-state index contributed by atoms with van der Waals surface area (Å²) >= 11 is 0. The molecule has 0 saturated heterocycles. The molecule has 0 saturated carbocycles. The highest BCUT2D eigenvalue weighted by Gasteiger charge is 2.34. The van der Waals surface area contributed by atoms with E-state index in [1.807, 2.05) is 6.07 Å². The average molecular weight is 442 g/mol. The van der Waals surface area contributed by atoms with Crippen LogP contribution in [0.15, 0.2) is 67.0 Å². The van der Waals surface area contributed by atoms with Gasteiger partial charge < -0.3 is 16.0 Å². The summed E-state index contributed by atoms with van der Waals surface area (Å²) in [7, 11) is 0. The van der Waals surface area contributed by atoms with Crippen molar-refractivity contribution in [3.8, 4) is 0 Å². The molecule has 5 nitrogen and oxygen atoms in total. The first kappa shape index (κ1) is 21.4. The summed E-state index contributed by atoms with van der Waals surface area (Å²) in [5.74, 6) is -0.971. The van der Waals surface area contributed by atoms with Crippen LogP contribution in [0.2, 0.25) is 0 Å². The molecule has 2 heterocycles. The van der Waals surface area contributed by atoms with E-state index < -0.39 is 23.5 Å². The smallest absolute Gasteiger partial charge is 0.384 e. The predicted octanol–water partition coefficient (Wildman–Crippen LogP) is 5.30. The number of amides is 1. The van der Waals surface area contributed by atoms with Gasteiger partial charge in [-0.15, -0.1) is 0 Å². The lowest BCUT2D eigenvalue weighted by atomic mass is 10.1. The van der Waals surface area contributed by atoms with Crippen molar-refractivity contribution in [2.45, 2.75) is 12.6 Å². The molecule has 1 aliphatic heterocycles. The van der Waals surface area contributed by atoms with Gasteiger partial charge >= 0.3 is 6.18 Å². The minimum Gasteiger partial charge on any atom is -0.384 e. The number of anilines is 3. The van der Waals surface area contributed by atoms with Crippen LogP contribution >= 0.6 is 0 Å². The maximum Gasteiger partial charge on any atom is 0.418 e. The second-order valence-corrected chi connectivity index (χ2v) is 7.10. The summed E-state index contributed by atoms with van der Waals surface area (Å²) in [5, 5.41) is 8.08. The molecule has 0 radical (unpaired) electrons. The van der Waals surface area contributed by atoms with E-state index in [2.05, 4.69) is 20.9 Å². The normalized spacial score (nSPS) is 14.2. The van der Waals surface area contributed by atoms with Crippen LogP contribution in [0, 0.1) is 5.82 Å². The molecule has 4 rings (SSSR count). The molecular formula is C23H18F4N4O. The van der Waals surface area contributed by atoms with E-state index in [0.717, 1.165) is 11.8 Å². The molecule has 32 heavy (non-hydrogen) atoms. The Bertz CT molecular complexity index is 1180. The van der Waals surface area contributed by atoms with Crippen molar-refractivity contribution in [3.63, 3.8) is 0 Å². The lowest BCUT2D eigenvalue weighted by molar-refractivity contribution is -0.136. The van der Waals surface area contributed by atoms with E-state index >= 15 is 0 Å². The van der Waals surface area contributed by atoms with Crippen molar-refractivity contribution in [3.05, 3.63) is 89.6 Å². The zero-order valence-corrected chi connectivity index (χ0v) is 16.6. The van der Waals surface area contributed by atoms with Gasteiger partial charge in [0, 0.05) is 48.0 Å². The summed E-state index contributed by atoms with van der Waals surface area (Å²) in [6.45, 7) is 0.282. The minimum absolute atomic E-state index is 0.0499. The number of pyridine rings is 1. The third kappa shape index (κ3) is 4.72. The number of aromatic nitrogens is 1. The third-order valence-electron chi connectivity index (χ3n) is 4.90. The number of fused-ring (bicyclic) bond motifs is 1. The number of hydrogen-bond acceptors (Lipinski definition) is 4. The number of carbonyl (C=O) groups excluding carboxylic acids is 1. The van der Waals surface area contributed by atoms with Gasteiger partial charge in [-0.05, 0) is 48.5 Å². The van der Waals surface area contributed by atoms with Gasteiger partial charge in [0.2, 0.25) is 0 Å². The van der Waals surface area contributed by atoms with Crippen LogP contribution in [-0.2, 0) is 17.4 Å². The van der Waals surface area contributed by atoms with Gasteiger partial charge in [-0.25, -0.2) is 4.39 Å². The van der Waals surface area contributed by atoms with Crippen molar-refractivity contribution in [2.75, 3.05) is 22.5 Å². The van der Waals surface area contributed by atoms with E-state index in [-0.39, 0.29) is 23.5 Å². The van der Waals surface area contributed by atoms with Crippen molar-refractivity contribution >= 4 is 28.5 Å².